The third-order valence-corrected chi connectivity index (χ3v) is 4.67. The van der Waals surface area contributed by atoms with E-state index in [0.29, 0.717) is 18.0 Å². The number of nitrogens with one attached hydrogen (secondary N) is 1. The van der Waals surface area contributed by atoms with Crippen molar-refractivity contribution >= 4 is 17.7 Å². The quantitative estimate of drug-likeness (QED) is 0.909. The fraction of sp³-hybridized carbons (Fsp3) is 0.467. The third kappa shape index (κ3) is 3.53. The average molecular weight is 321 g/mol. The largest absolute Gasteiger partial charge is 0.472 e. The van der Waals surface area contributed by atoms with E-state index in [-0.39, 0.29) is 11.9 Å². The first-order chi connectivity index (χ1) is 10.7. The Bertz CT molecular complexity index is 605. The zero-order valence-corrected chi connectivity index (χ0v) is 13.3. The van der Waals surface area contributed by atoms with Gasteiger partial charge in [-0.05, 0) is 13.0 Å². The van der Waals surface area contributed by atoms with Gasteiger partial charge in [-0.25, -0.2) is 0 Å². The molecule has 0 unspecified atom stereocenters. The zero-order chi connectivity index (χ0) is 15.4. The van der Waals surface area contributed by atoms with Crippen LogP contribution < -0.4 is 5.32 Å². The summed E-state index contributed by atoms with van der Waals surface area (Å²) in [7, 11) is 0. The van der Waals surface area contributed by atoms with E-state index < -0.39 is 0 Å². The van der Waals surface area contributed by atoms with Crippen LogP contribution in [0.2, 0.25) is 0 Å². The monoisotopic (exact) mass is 321 g/mol. The average Bonchev–Trinajstić information content (AvgIpc) is 3.20. The number of aromatic nitrogens is 1. The van der Waals surface area contributed by atoms with Crippen molar-refractivity contribution in [3.8, 4) is 0 Å². The van der Waals surface area contributed by atoms with Crippen LogP contribution >= 0.6 is 11.8 Å². The van der Waals surface area contributed by atoms with Gasteiger partial charge >= 0.3 is 0 Å². The van der Waals surface area contributed by atoms with Gasteiger partial charge in [0.15, 0.2) is 5.69 Å². The van der Waals surface area contributed by atoms with Gasteiger partial charge in [0.2, 0.25) is 0 Å². The van der Waals surface area contributed by atoms with Gasteiger partial charge in [0, 0.05) is 42.8 Å². The van der Waals surface area contributed by atoms with Gasteiger partial charge in [0.1, 0.15) is 5.76 Å². The standard InChI is InChI=1S/C15H19N3O3S/c1-11-8-13(17-21-11)15(19)16-9-14(12-2-5-20-10-12)18-3-6-22-7-4-18/h2,5,8,10,14H,3-4,6-7,9H2,1H3,(H,16,19)/t14-/m1/s1. The molecule has 3 rings (SSSR count). The first-order valence-corrected chi connectivity index (χ1v) is 8.45. The first kappa shape index (κ1) is 15.2. The lowest BCUT2D eigenvalue weighted by Crippen LogP contribution is -2.42. The molecular formula is C15H19N3O3S. The topological polar surface area (TPSA) is 71.5 Å². The number of carbonyl (C=O) groups excluding carboxylic acids is 1. The van der Waals surface area contributed by atoms with Crippen molar-refractivity contribution in [3.63, 3.8) is 0 Å². The van der Waals surface area contributed by atoms with Crippen LogP contribution in [0, 0.1) is 6.92 Å². The second-order valence-electron chi connectivity index (χ2n) is 5.25. The molecule has 1 aliphatic rings. The van der Waals surface area contributed by atoms with Crippen molar-refractivity contribution in [2.45, 2.75) is 13.0 Å². The molecule has 1 atom stereocenters. The molecule has 1 saturated heterocycles. The van der Waals surface area contributed by atoms with Crippen LogP contribution in [0.25, 0.3) is 0 Å². The van der Waals surface area contributed by atoms with E-state index in [4.69, 9.17) is 8.94 Å². The molecule has 22 heavy (non-hydrogen) atoms. The molecule has 0 bridgehead atoms. The predicted octanol–water partition coefficient (Wildman–Crippen LogP) is 2.10. The molecule has 0 spiro atoms. The van der Waals surface area contributed by atoms with Crippen LogP contribution in [0.4, 0.5) is 0 Å². The van der Waals surface area contributed by atoms with Gasteiger partial charge in [-0.1, -0.05) is 5.16 Å². The maximum absolute atomic E-state index is 12.1. The molecule has 3 heterocycles. The fourth-order valence-corrected chi connectivity index (χ4v) is 3.50. The minimum Gasteiger partial charge on any atom is -0.472 e. The highest BCUT2D eigenvalue weighted by atomic mass is 32.2. The number of hydrogen-bond acceptors (Lipinski definition) is 6. The van der Waals surface area contributed by atoms with Gasteiger partial charge in [-0.2, -0.15) is 11.8 Å². The smallest absolute Gasteiger partial charge is 0.273 e. The summed E-state index contributed by atoms with van der Waals surface area (Å²) in [6.45, 7) is 4.32. The number of carbonyl (C=O) groups is 1. The molecule has 0 radical (unpaired) electrons. The fourth-order valence-electron chi connectivity index (χ4n) is 2.56. The van der Waals surface area contributed by atoms with E-state index in [2.05, 4.69) is 15.4 Å². The molecule has 2 aromatic rings. The number of thioether (sulfide) groups is 1. The highest BCUT2D eigenvalue weighted by molar-refractivity contribution is 7.99. The van der Waals surface area contributed by atoms with Crippen molar-refractivity contribution < 1.29 is 13.7 Å². The van der Waals surface area contributed by atoms with Gasteiger partial charge < -0.3 is 14.3 Å². The number of hydrogen-bond donors (Lipinski definition) is 1. The number of nitrogens with zero attached hydrogens (tertiary/aromatic N) is 2. The number of amides is 1. The maximum atomic E-state index is 12.1. The molecule has 0 saturated carbocycles. The summed E-state index contributed by atoms with van der Waals surface area (Å²) in [4.78, 5) is 14.5. The van der Waals surface area contributed by atoms with Crippen LogP contribution in [0.1, 0.15) is 27.9 Å². The van der Waals surface area contributed by atoms with Crippen LogP contribution in [0.3, 0.4) is 0 Å². The van der Waals surface area contributed by atoms with Gasteiger partial charge in [-0.15, -0.1) is 0 Å². The Morgan fingerprint density at radius 2 is 2.32 bits per heavy atom. The summed E-state index contributed by atoms with van der Waals surface area (Å²) in [5, 5.41) is 6.69. The Morgan fingerprint density at radius 3 is 2.95 bits per heavy atom. The summed E-state index contributed by atoms with van der Waals surface area (Å²) < 4.78 is 10.2. The van der Waals surface area contributed by atoms with E-state index in [9.17, 15) is 4.79 Å². The van der Waals surface area contributed by atoms with Crippen LogP contribution in [0.5, 0.6) is 0 Å². The normalized spacial score (nSPS) is 17.3. The predicted molar refractivity (Wildman–Crippen MR) is 83.9 cm³/mol. The Hall–Kier alpha value is -1.73. The highest BCUT2D eigenvalue weighted by Crippen LogP contribution is 2.24. The summed E-state index contributed by atoms with van der Waals surface area (Å²) >= 11 is 1.96. The lowest BCUT2D eigenvalue weighted by molar-refractivity contribution is 0.0925. The molecule has 0 aliphatic carbocycles. The van der Waals surface area contributed by atoms with Crippen LogP contribution in [-0.4, -0.2) is 47.1 Å². The first-order valence-electron chi connectivity index (χ1n) is 7.29. The van der Waals surface area contributed by atoms with Crippen molar-refractivity contribution in [1.29, 1.82) is 0 Å². The molecule has 1 N–H and O–H groups in total. The molecule has 0 aromatic carbocycles. The Labute approximate surface area is 133 Å². The molecule has 2 aromatic heterocycles. The van der Waals surface area contributed by atoms with Crippen LogP contribution in [-0.2, 0) is 0 Å². The summed E-state index contributed by atoms with van der Waals surface area (Å²) in [6.07, 6.45) is 3.42. The van der Waals surface area contributed by atoms with E-state index in [1.807, 2.05) is 17.8 Å². The van der Waals surface area contributed by atoms with E-state index >= 15 is 0 Å². The summed E-state index contributed by atoms with van der Waals surface area (Å²) in [5.74, 6) is 2.65. The number of rotatable bonds is 5. The Balaban J connectivity index is 1.66. The lowest BCUT2D eigenvalue weighted by atomic mass is 10.1. The minimum atomic E-state index is -0.211. The SMILES string of the molecule is Cc1cc(C(=O)NC[C@H](c2ccoc2)N2CCSCC2)no1. The van der Waals surface area contributed by atoms with Crippen molar-refractivity contribution in [2.75, 3.05) is 31.1 Å². The summed E-state index contributed by atoms with van der Waals surface area (Å²) in [5.41, 5.74) is 1.40. The summed E-state index contributed by atoms with van der Waals surface area (Å²) in [6, 6.07) is 3.72. The lowest BCUT2D eigenvalue weighted by Gasteiger charge is -2.33. The third-order valence-electron chi connectivity index (χ3n) is 3.73. The van der Waals surface area contributed by atoms with E-state index in [1.165, 1.54) is 0 Å². The number of furan rings is 1. The molecule has 1 amide bonds. The van der Waals surface area contributed by atoms with Gasteiger partial charge in [0.05, 0.1) is 18.6 Å². The van der Waals surface area contributed by atoms with Crippen molar-refractivity contribution in [3.05, 3.63) is 41.7 Å². The van der Waals surface area contributed by atoms with E-state index in [1.54, 1.807) is 25.5 Å². The molecule has 118 valence electrons. The minimum absolute atomic E-state index is 0.122. The molecule has 7 heteroatoms. The second kappa shape index (κ2) is 7.02. The van der Waals surface area contributed by atoms with Crippen molar-refractivity contribution in [2.24, 2.45) is 0 Å². The maximum Gasteiger partial charge on any atom is 0.273 e. The number of aryl methyl sites for hydroxylation is 1. The molecule has 6 nitrogen and oxygen atoms in total. The molecule has 1 aliphatic heterocycles. The van der Waals surface area contributed by atoms with Crippen LogP contribution in [0.15, 0.2) is 33.6 Å². The zero-order valence-electron chi connectivity index (χ0n) is 12.4. The Kier molecular flexibility index (Phi) is 4.84. The highest BCUT2D eigenvalue weighted by Gasteiger charge is 2.24. The molecular weight excluding hydrogens is 302 g/mol. The van der Waals surface area contributed by atoms with Crippen molar-refractivity contribution in [1.82, 2.24) is 15.4 Å². The Morgan fingerprint density at radius 1 is 1.50 bits per heavy atom. The second-order valence-corrected chi connectivity index (χ2v) is 6.48. The van der Waals surface area contributed by atoms with E-state index in [0.717, 1.165) is 30.2 Å². The van der Waals surface area contributed by atoms with Gasteiger partial charge in [-0.3, -0.25) is 9.69 Å². The molecule has 1 fully saturated rings. The van der Waals surface area contributed by atoms with Gasteiger partial charge in [0.25, 0.3) is 5.91 Å².